The molecule has 0 radical (unpaired) electrons. The van der Waals surface area contributed by atoms with Crippen molar-refractivity contribution in [1.29, 1.82) is 0 Å². The van der Waals surface area contributed by atoms with E-state index < -0.39 is 5.41 Å². The van der Waals surface area contributed by atoms with Crippen LogP contribution in [0.3, 0.4) is 0 Å². The van der Waals surface area contributed by atoms with E-state index in [4.69, 9.17) is 45.9 Å². The maximum Gasteiger partial charge on any atom is 0.0782 e. The van der Waals surface area contributed by atoms with Gasteiger partial charge in [-0.15, -0.1) is 0 Å². The molecule has 8 heteroatoms. The van der Waals surface area contributed by atoms with E-state index in [-0.39, 0.29) is 0 Å². The minimum absolute atomic E-state index is 0.515. The molecule has 0 aliphatic carbocycles. The van der Waals surface area contributed by atoms with Gasteiger partial charge in [-0.1, -0.05) is 72.8 Å². The highest BCUT2D eigenvalue weighted by Crippen LogP contribution is 2.54. The lowest BCUT2D eigenvalue weighted by molar-refractivity contribution is 0.757. The van der Waals surface area contributed by atoms with Crippen molar-refractivity contribution in [3.05, 3.63) is 192 Å². The quantitative estimate of drug-likeness (QED) is 0.0554. The van der Waals surface area contributed by atoms with Crippen molar-refractivity contribution >= 4 is 45.5 Å². The summed E-state index contributed by atoms with van der Waals surface area (Å²) in [5.74, 6) is 0. The summed E-state index contributed by atoms with van der Waals surface area (Å²) >= 11 is 0. The number of nitrogen functional groups attached to an aromatic ring is 8. The van der Waals surface area contributed by atoms with Crippen LogP contribution in [0.15, 0.2) is 170 Å². The summed E-state index contributed by atoms with van der Waals surface area (Å²) in [6.07, 6.45) is 0. The zero-order valence-corrected chi connectivity index (χ0v) is 31.3. The van der Waals surface area contributed by atoms with E-state index >= 15 is 0 Å². The first-order valence-corrected chi connectivity index (χ1v) is 18.5. The largest absolute Gasteiger partial charge is 0.399 e. The monoisotopic (exact) mass is 744 g/mol. The molecule has 0 aliphatic heterocycles. The molecule has 0 heterocycles. The number of rotatable bonds is 8. The third-order valence-corrected chi connectivity index (χ3v) is 10.8. The van der Waals surface area contributed by atoms with Gasteiger partial charge in [0.1, 0.15) is 0 Å². The first kappa shape index (κ1) is 36.2. The number of benzene rings is 8. The molecule has 280 valence electrons. The van der Waals surface area contributed by atoms with E-state index in [0.29, 0.717) is 45.5 Å². The van der Waals surface area contributed by atoms with Gasteiger partial charge in [-0.25, -0.2) is 0 Å². The molecule has 0 saturated heterocycles. The van der Waals surface area contributed by atoms with Gasteiger partial charge in [0.05, 0.1) is 5.41 Å². The lowest BCUT2D eigenvalue weighted by Gasteiger charge is -2.40. The smallest absolute Gasteiger partial charge is 0.0782 e. The third-order valence-electron chi connectivity index (χ3n) is 10.8. The summed E-state index contributed by atoms with van der Waals surface area (Å²) in [6.45, 7) is 0. The summed E-state index contributed by atoms with van der Waals surface area (Å²) in [6, 6.07) is 55.2. The molecule has 0 saturated carbocycles. The summed E-state index contributed by atoms with van der Waals surface area (Å²) in [5, 5.41) is 0. The predicted octanol–water partition coefficient (Wildman–Crippen LogP) is 9.39. The lowest BCUT2D eigenvalue weighted by Crippen LogP contribution is -2.35. The molecule has 0 spiro atoms. The van der Waals surface area contributed by atoms with Crippen LogP contribution < -0.4 is 45.9 Å². The fraction of sp³-hybridized carbons (Fsp3) is 0.0204. The Hall–Kier alpha value is -7.84. The first-order chi connectivity index (χ1) is 27.5. The normalized spacial score (nSPS) is 11.4. The molecule has 57 heavy (non-hydrogen) atoms. The Bertz CT molecular complexity index is 2350. The van der Waals surface area contributed by atoms with Crippen molar-refractivity contribution < 1.29 is 0 Å². The Morgan fingerprint density at radius 2 is 0.386 bits per heavy atom. The van der Waals surface area contributed by atoms with Crippen molar-refractivity contribution in [2.45, 2.75) is 5.41 Å². The molecule has 8 aromatic rings. The molecular formula is C49H44N8. The Morgan fingerprint density at radius 1 is 0.211 bits per heavy atom. The van der Waals surface area contributed by atoms with Crippen molar-refractivity contribution in [2.75, 3.05) is 45.9 Å². The van der Waals surface area contributed by atoms with Gasteiger partial charge in [-0.3, -0.25) is 0 Å². The number of hydrogen-bond donors (Lipinski definition) is 8. The molecular weight excluding hydrogens is 701 g/mol. The number of hydrogen-bond acceptors (Lipinski definition) is 8. The fourth-order valence-corrected chi connectivity index (χ4v) is 7.82. The second-order valence-corrected chi connectivity index (χ2v) is 14.4. The third kappa shape index (κ3) is 6.66. The van der Waals surface area contributed by atoms with Gasteiger partial charge < -0.3 is 45.9 Å². The lowest BCUT2D eigenvalue weighted by atomic mass is 9.62. The van der Waals surface area contributed by atoms with Gasteiger partial charge in [0, 0.05) is 45.5 Å². The Morgan fingerprint density at radius 3 is 0.579 bits per heavy atom. The van der Waals surface area contributed by atoms with Crippen LogP contribution in [0.4, 0.5) is 45.5 Å². The average molecular weight is 745 g/mol. The van der Waals surface area contributed by atoms with Crippen molar-refractivity contribution in [3.8, 4) is 44.5 Å². The minimum Gasteiger partial charge on any atom is -0.399 e. The molecule has 0 amide bonds. The molecule has 16 N–H and O–H groups in total. The van der Waals surface area contributed by atoms with Gasteiger partial charge in [-0.05, 0) is 164 Å². The summed E-state index contributed by atoms with van der Waals surface area (Å²) in [5.41, 5.74) is 67.4. The zero-order chi connectivity index (χ0) is 39.8. The zero-order valence-electron chi connectivity index (χ0n) is 31.3. The van der Waals surface area contributed by atoms with Crippen molar-refractivity contribution in [3.63, 3.8) is 0 Å². The Kier molecular flexibility index (Phi) is 9.15. The molecule has 0 unspecified atom stereocenters. The molecule has 0 aromatic heterocycles. The highest BCUT2D eigenvalue weighted by Gasteiger charge is 2.45. The van der Waals surface area contributed by atoms with E-state index in [1.54, 1.807) is 0 Å². The Balaban J connectivity index is 1.56. The van der Waals surface area contributed by atoms with Crippen LogP contribution >= 0.6 is 0 Å². The number of anilines is 8. The average Bonchev–Trinajstić information content (AvgIpc) is 3.22. The van der Waals surface area contributed by atoms with Gasteiger partial charge >= 0.3 is 0 Å². The van der Waals surface area contributed by atoms with E-state index in [1.807, 2.05) is 146 Å². The van der Waals surface area contributed by atoms with Crippen LogP contribution in [-0.4, -0.2) is 0 Å². The summed E-state index contributed by atoms with van der Waals surface area (Å²) < 4.78 is 0. The molecule has 8 rings (SSSR count). The molecule has 0 atom stereocenters. The van der Waals surface area contributed by atoms with Gasteiger partial charge in [0.2, 0.25) is 0 Å². The van der Waals surface area contributed by atoms with Crippen molar-refractivity contribution in [2.24, 2.45) is 0 Å². The van der Waals surface area contributed by atoms with Gasteiger partial charge in [0.15, 0.2) is 0 Å². The fourth-order valence-electron chi connectivity index (χ4n) is 7.82. The molecule has 8 aromatic carbocycles. The van der Waals surface area contributed by atoms with Crippen LogP contribution in [0.5, 0.6) is 0 Å². The highest BCUT2D eigenvalue weighted by atomic mass is 14.7. The van der Waals surface area contributed by atoms with Crippen LogP contribution in [0.1, 0.15) is 22.3 Å². The Labute approximate surface area is 332 Å². The van der Waals surface area contributed by atoms with Gasteiger partial charge in [0.25, 0.3) is 0 Å². The van der Waals surface area contributed by atoms with E-state index in [9.17, 15) is 0 Å². The SMILES string of the molecule is Nc1ccc(-c2ccc(N)c(C(c3cc(-c4ccc(N)cc4)ccc3N)(c3cc(-c4ccc(N)cc4)ccc3N)c3cc(-c4ccc(N)cc4)ccc3N)c2)cc1. The van der Waals surface area contributed by atoms with Gasteiger partial charge in [-0.2, -0.15) is 0 Å². The van der Waals surface area contributed by atoms with E-state index in [0.717, 1.165) is 66.8 Å². The second-order valence-electron chi connectivity index (χ2n) is 14.4. The van der Waals surface area contributed by atoms with E-state index in [1.165, 1.54) is 0 Å². The highest BCUT2D eigenvalue weighted by molar-refractivity contribution is 5.86. The van der Waals surface area contributed by atoms with Crippen LogP contribution in [0, 0.1) is 0 Å². The molecule has 0 aliphatic rings. The first-order valence-electron chi connectivity index (χ1n) is 18.5. The summed E-state index contributed by atoms with van der Waals surface area (Å²) in [7, 11) is 0. The van der Waals surface area contributed by atoms with Crippen LogP contribution in [0.2, 0.25) is 0 Å². The maximum absolute atomic E-state index is 7.25. The van der Waals surface area contributed by atoms with Crippen LogP contribution in [-0.2, 0) is 5.41 Å². The summed E-state index contributed by atoms with van der Waals surface area (Å²) in [4.78, 5) is 0. The number of nitrogens with two attached hydrogens (primary N) is 8. The van der Waals surface area contributed by atoms with Crippen molar-refractivity contribution in [1.82, 2.24) is 0 Å². The second kappa shape index (κ2) is 14.4. The topological polar surface area (TPSA) is 208 Å². The minimum atomic E-state index is -1.30. The maximum atomic E-state index is 7.25. The standard InChI is InChI=1S/C49H44N8/c50-37-13-1-29(2-14-37)33-9-21-45(54)41(25-33)49(42-26-34(10-22-46(42)55)30-3-15-38(51)16-4-30,43-27-35(11-23-47(43)56)31-5-17-39(52)18-6-31)44-28-36(12-24-48(44)57)32-7-19-40(53)20-8-32/h1-28H,50-57H2. The van der Waals surface area contributed by atoms with Crippen LogP contribution in [0.25, 0.3) is 44.5 Å². The molecule has 0 fully saturated rings. The van der Waals surface area contributed by atoms with E-state index in [2.05, 4.69) is 24.3 Å². The molecule has 8 nitrogen and oxygen atoms in total. The molecule has 0 bridgehead atoms. The predicted molar refractivity (Wildman–Crippen MR) is 242 cm³/mol.